The molecule has 0 aliphatic carbocycles. The van der Waals surface area contributed by atoms with E-state index in [-0.39, 0.29) is 11.9 Å². The number of nitrogens with zero attached hydrogens (tertiary/aromatic N) is 3. The first-order valence-corrected chi connectivity index (χ1v) is 6.69. The molecule has 2 rings (SSSR count). The zero-order valence-electron chi connectivity index (χ0n) is 12.1. The molecule has 5 heteroatoms. The Hall–Kier alpha value is -2.30. The van der Waals surface area contributed by atoms with Gasteiger partial charge in [0, 0.05) is 19.8 Å². The lowest BCUT2D eigenvalue weighted by Crippen LogP contribution is -2.30. The molecular weight excluding hydrogens is 252 g/mol. The second-order valence-corrected chi connectivity index (χ2v) is 4.79. The van der Waals surface area contributed by atoms with Crippen molar-refractivity contribution in [2.45, 2.75) is 26.4 Å². The summed E-state index contributed by atoms with van der Waals surface area (Å²) >= 11 is 0. The summed E-state index contributed by atoms with van der Waals surface area (Å²) in [5.41, 5.74) is 7.68. The Balaban J connectivity index is 2.22. The molecule has 1 aromatic heterocycles. The zero-order chi connectivity index (χ0) is 14.7. The summed E-state index contributed by atoms with van der Waals surface area (Å²) in [6, 6.07) is 9.85. The van der Waals surface area contributed by atoms with Gasteiger partial charge in [-0.15, -0.1) is 0 Å². The van der Waals surface area contributed by atoms with Crippen LogP contribution in [0.25, 0.3) is 0 Å². The van der Waals surface area contributed by atoms with E-state index >= 15 is 0 Å². The monoisotopic (exact) mass is 272 g/mol. The van der Waals surface area contributed by atoms with Crippen LogP contribution in [0.2, 0.25) is 0 Å². The fraction of sp³-hybridized carbons (Fsp3) is 0.333. The molecule has 106 valence electrons. The molecule has 0 saturated heterocycles. The van der Waals surface area contributed by atoms with E-state index in [2.05, 4.69) is 5.10 Å². The Labute approximate surface area is 119 Å². The molecule has 0 saturated carbocycles. The predicted octanol–water partition coefficient (Wildman–Crippen LogP) is 2.32. The molecule has 0 aliphatic heterocycles. The first-order chi connectivity index (χ1) is 9.54. The topological polar surface area (TPSA) is 64.2 Å². The van der Waals surface area contributed by atoms with Gasteiger partial charge in [0.2, 0.25) is 0 Å². The van der Waals surface area contributed by atoms with Crippen molar-refractivity contribution in [3.8, 4) is 0 Å². The number of aromatic nitrogens is 2. The van der Waals surface area contributed by atoms with Crippen LogP contribution in [0.3, 0.4) is 0 Å². The molecular formula is C15H20N4O. The number of anilines is 1. The summed E-state index contributed by atoms with van der Waals surface area (Å²) in [5.74, 6) is -0.161. The molecule has 0 aliphatic rings. The van der Waals surface area contributed by atoms with Crippen LogP contribution in [-0.4, -0.2) is 27.6 Å². The Kier molecular flexibility index (Phi) is 4.08. The molecule has 1 aromatic carbocycles. The van der Waals surface area contributed by atoms with E-state index in [0.29, 0.717) is 17.9 Å². The van der Waals surface area contributed by atoms with Gasteiger partial charge in [-0.3, -0.25) is 9.48 Å². The molecule has 1 amide bonds. The minimum Gasteiger partial charge on any atom is -0.396 e. The molecule has 0 spiro atoms. The molecule has 0 radical (unpaired) electrons. The van der Waals surface area contributed by atoms with Crippen molar-refractivity contribution in [1.82, 2.24) is 14.7 Å². The number of rotatable bonds is 4. The minimum atomic E-state index is -0.161. The second-order valence-electron chi connectivity index (χ2n) is 4.79. The molecule has 5 nitrogen and oxygen atoms in total. The third-order valence-corrected chi connectivity index (χ3v) is 3.50. The van der Waals surface area contributed by atoms with Gasteiger partial charge in [-0.2, -0.15) is 5.10 Å². The molecule has 0 bridgehead atoms. The fourth-order valence-electron chi connectivity index (χ4n) is 2.06. The first-order valence-electron chi connectivity index (χ1n) is 6.69. The van der Waals surface area contributed by atoms with Gasteiger partial charge in [-0.1, -0.05) is 30.3 Å². The van der Waals surface area contributed by atoms with Gasteiger partial charge < -0.3 is 10.6 Å². The highest BCUT2D eigenvalue weighted by Gasteiger charge is 2.23. The van der Waals surface area contributed by atoms with Gasteiger partial charge in [-0.05, 0) is 19.4 Å². The van der Waals surface area contributed by atoms with Crippen molar-refractivity contribution < 1.29 is 4.79 Å². The largest absolute Gasteiger partial charge is 0.396 e. The second kappa shape index (κ2) is 5.77. The van der Waals surface area contributed by atoms with Gasteiger partial charge in [0.15, 0.2) is 5.69 Å². The number of carbonyl (C=O) groups is 1. The van der Waals surface area contributed by atoms with E-state index in [0.717, 1.165) is 5.56 Å². The maximum Gasteiger partial charge on any atom is 0.276 e. The number of nitrogens with two attached hydrogens (primary N) is 1. The summed E-state index contributed by atoms with van der Waals surface area (Å²) in [6.45, 7) is 4.63. The van der Waals surface area contributed by atoms with E-state index in [1.165, 1.54) is 0 Å². The van der Waals surface area contributed by atoms with Gasteiger partial charge in [0.1, 0.15) is 0 Å². The van der Waals surface area contributed by atoms with Crippen LogP contribution >= 0.6 is 0 Å². The highest BCUT2D eigenvalue weighted by Crippen LogP contribution is 2.21. The third kappa shape index (κ3) is 2.66. The van der Waals surface area contributed by atoms with E-state index in [1.54, 1.807) is 22.8 Å². The average Bonchev–Trinajstić information content (AvgIpc) is 2.87. The third-order valence-electron chi connectivity index (χ3n) is 3.50. The van der Waals surface area contributed by atoms with Crippen LogP contribution in [0.5, 0.6) is 0 Å². The van der Waals surface area contributed by atoms with Crippen molar-refractivity contribution in [2.24, 2.45) is 0 Å². The summed E-state index contributed by atoms with van der Waals surface area (Å²) in [5, 5.41) is 4.23. The zero-order valence-corrected chi connectivity index (χ0v) is 12.1. The summed E-state index contributed by atoms with van der Waals surface area (Å²) < 4.78 is 1.67. The Bertz CT molecular complexity index is 591. The number of benzene rings is 1. The van der Waals surface area contributed by atoms with E-state index in [1.807, 2.05) is 44.2 Å². The minimum absolute atomic E-state index is 0.0325. The van der Waals surface area contributed by atoms with Crippen molar-refractivity contribution in [1.29, 1.82) is 0 Å². The number of nitrogen functional groups attached to an aromatic ring is 1. The Morgan fingerprint density at radius 1 is 1.40 bits per heavy atom. The summed E-state index contributed by atoms with van der Waals surface area (Å²) in [4.78, 5) is 14.1. The maximum absolute atomic E-state index is 12.5. The quantitative estimate of drug-likeness (QED) is 0.929. The highest BCUT2D eigenvalue weighted by atomic mass is 16.2. The van der Waals surface area contributed by atoms with Crippen LogP contribution < -0.4 is 5.73 Å². The van der Waals surface area contributed by atoms with Crippen LogP contribution in [0.15, 0.2) is 36.5 Å². The van der Waals surface area contributed by atoms with Crippen LogP contribution in [0.4, 0.5) is 5.69 Å². The first kappa shape index (κ1) is 14.1. The summed E-state index contributed by atoms with van der Waals surface area (Å²) in [7, 11) is 1.77. The Morgan fingerprint density at radius 3 is 2.60 bits per heavy atom. The average molecular weight is 272 g/mol. The summed E-state index contributed by atoms with van der Waals surface area (Å²) in [6.07, 6.45) is 1.69. The van der Waals surface area contributed by atoms with E-state index in [9.17, 15) is 4.79 Å². The molecule has 1 heterocycles. The standard InChI is InChI=1S/C15H20N4O/c1-4-19-10-13(16)14(17-19)15(20)18(3)11(2)12-8-6-5-7-9-12/h5-11H,4,16H2,1-3H3. The van der Waals surface area contributed by atoms with Gasteiger partial charge in [0.05, 0.1) is 11.7 Å². The number of amides is 1. The lowest BCUT2D eigenvalue weighted by atomic mass is 10.1. The van der Waals surface area contributed by atoms with Gasteiger partial charge in [0.25, 0.3) is 5.91 Å². The number of carbonyl (C=O) groups excluding carboxylic acids is 1. The van der Waals surface area contributed by atoms with Crippen LogP contribution in [0, 0.1) is 0 Å². The van der Waals surface area contributed by atoms with Crippen LogP contribution in [-0.2, 0) is 6.54 Å². The number of aryl methyl sites for hydroxylation is 1. The molecule has 1 atom stereocenters. The van der Waals surface area contributed by atoms with Crippen molar-refractivity contribution in [2.75, 3.05) is 12.8 Å². The molecule has 0 fully saturated rings. The number of hydrogen-bond donors (Lipinski definition) is 1. The normalized spacial score (nSPS) is 12.2. The predicted molar refractivity (Wildman–Crippen MR) is 79.3 cm³/mol. The Morgan fingerprint density at radius 2 is 2.05 bits per heavy atom. The highest BCUT2D eigenvalue weighted by molar-refractivity contribution is 5.97. The van der Waals surface area contributed by atoms with E-state index in [4.69, 9.17) is 5.73 Å². The van der Waals surface area contributed by atoms with Gasteiger partial charge >= 0.3 is 0 Å². The maximum atomic E-state index is 12.5. The SMILES string of the molecule is CCn1cc(N)c(C(=O)N(C)C(C)c2ccccc2)n1. The lowest BCUT2D eigenvalue weighted by molar-refractivity contribution is 0.0737. The molecule has 1 unspecified atom stereocenters. The molecule has 2 N–H and O–H groups in total. The lowest BCUT2D eigenvalue weighted by Gasteiger charge is -2.24. The molecule has 2 aromatic rings. The van der Waals surface area contributed by atoms with Crippen molar-refractivity contribution in [3.63, 3.8) is 0 Å². The van der Waals surface area contributed by atoms with Crippen molar-refractivity contribution >= 4 is 11.6 Å². The van der Waals surface area contributed by atoms with Gasteiger partial charge in [-0.25, -0.2) is 0 Å². The smallest absolute Gasteiger partial charge is 0.276 e. The fourth-order valence-corrected chi connectivity index (χ4v) is 2.06. The molecule has 20 heavy (non-hydrogen) atoms. The van der Waals surface area contributed by atoms with Crippen LogP contribution in [0.1, 0.15) is 35.9 Å². The van der Waals surface area contributed by atoms with E-state index < -0.39 is 0 Å². The number of hydrogen-bond acceptors (Lipinski definition) is 3. The van der Waals surface area contributed by atoms with Crippen molar-refractivity contribution in [3.05, 3.63) is 47.8 Å².